The number of amides is 3. The quantitative estimate of drug-likeness (QED) is 0.181. The molecule has 3 amide bonds. The molecule has 240 valence electrons. The topological polar surface area (TPSA) is 108 Å². The fourth-order valence-electron chi connectivity index (χ4n) is 6.92. The molecule has 2 aromatic carbocycles. The number of carbonyl (C=O) groups excluding carboxylic acids is 2. The molecule has 3 fully saturated rings. The lowest BCUT2D eigenvalue weighted by Crippen LogP contribution is -2.49. The molecule has 3 saturated heterocycles. The number of unbranched alkanes of at least 4 members (excludes halogenated alkanes) is 1. The fraction of sp³-hybridized carbons (Fsp3) is 0.441. The van der Waals surface area contributed by atoms with Crippen molar-refractivity contribution in [1.29, 1.82) is 0 Å². The minimum absolute atomic E-state index is 0.0578. The summed E-state index contributed by atoms with van der Waals surface area (Å²) in [6.45, 7) is 6.67. The summed E-state index contributed by atoms with van der Waals surface area (Å²) in [7, 11) is 0. The summed E-state index contributed by atoms with van der Waals surface area (Å²) >= 11 is 8.96. The summed E-state index contributed by atoms with van der Waals surface area (Å²) in [6, 6.07) is 20.1. The third-order valence-electron chi connectivity index (χ3n) is 9.52. The van der Waals surface area contributed by atoms with Gasteiger partial charge in [-0.3, -0.25) is 9.69 Å². The summed E-state index contributed by atoms with van der Waals surface area (Å²) in [5, 5.41) is 22.1. The molecule has 4 aromatic rings. The number of halogens is 1. The number of nitrogens with zero attached hydrogens (tertiary/aromatic N) is 6. The van der Waals surface area contributed by atoms with Crippen LogP contribution in [0, 0.1) is 0 Å². The van der Waals surface area contributed by atoms with Gasteiger partial charge in [0.25, 0.3) is 0 Å². The van der Waals surface area contributed by atoms with E-state index in [-0.39, 0.29) is 23.5 Å². The van der Waals surface area contributed by atoms with E-state index in [1.54, 1.807) is 0 Å². The number of thioether (sulfide) groups is 1. The molecule has 3 atom stereocenters. The number of fused-ring (bicyclic) bond motifs is 2. The van der Waals surface area contributed by atoms with Crippen molar-refractivity contribution in [1.82, 2.24) is 40.4 Å². The summed E-state index contributed by atoms with van der Waals surface area (Å²) < 4.78 is 1.92. The highest BCUT2D eigenvalue weighted by molar-refractivity contribution is 8.00. The van der Waals surface area contributed by atoms with E-state index in [0.717, 1.165) is 79.9 Å². The molecule has 12 heteroatoms. The maximum Gasteiger partial charge on any atom is 0.315 e. The Labute approximate surface area is 278 Å². The number of rotatable bonds is 10. The molecule has 0 unspecified atom stereocenters. The number of hydrogen-bond donors (Lipinski definition) is 2. The van der Waals surface area contributed by atoms with Gasteiger partial charge in [0.1, 0.15) is 11.4 Å². The number of urea groups is 1. The monoisotopic (exact) mass is 658 g/mol. The van der Waals surface area contributed by atoms with E-state index in [1.807, 2.05) is 82.0 Å². The van der Waals surface area contributed by atoms with E-state index in [9.17, 15) is 9.59 Å². The predicted molar refractivity (Wildman–Crippen MR) is 183 cm³/mol. The van der Waals surface area contributed by atoms with Crippen LogP contribution in [0.5, 0.6) is 0 Å². The van der Waals surface area contributed by atoms with Crippen LogP contribution >= 0.6 is 23.4 Å². The van der Waals surface area contributed by atoms with Gasteiger partial charge in [0.15, 0.2) is 5.65 Å². The third kappa shape index (κ3) is 6.20. The van der Waals surface area contributed by atoms with Crippen molar-refractivity contribution in [3.8, 4) is 22.5 Å². The predicted octanol–water partition coefficient (Wildman–Crippen LogP) is 5.07. The lowest BCUT2D eigenvalue weighted by molar-refractivity contribution is -0.133. The first kappa shape index (κ1) is 31.0. The summed E-state index contributed by atoms with van der Waals surface area (Å²) in [4.78, 5) is 29.2. The molecule has 46 heavy (non-hydrogen) atoms. The van der Waals surface area contributed by atoms with E-state index < -0.39 is 0 Å². The lowest BCUT2D eigenvalue weighted by atomic mass is 9.92. The van der Waals surface area contributed by atoms with Crippen molar-refractivity contribution in [2.75, 3.05) is 38.5 Å². The Kier molecular flexibility index (Phi) is 8.89. The molecule has 0 saturated carbocycles. The average molecular weight is 659 g/mol. The number of benzene rings is 2. The van der Waals surface area contributed by atoms with Gasteiger partial charge in [-0.1, -0.05) is 78.7 Å². The highest BCUT2D eigenvalue weighted by Crippen LogP contribution is 2.40. The number of nitrogens with one attached hydrogen (secondary N) is 2. The zero-order valence-electron chi connectivity index (χ0n) is 26.0. The van der Waals surface area contributed by atoms with Crippen LogP contribution in [-0.4, -0.2) is 97.0 Å². The van der Waals surface area contributed by atoms with Crippen LogP contribution in [0.25, 0.3) is 33.5 Å². The molecular formula is C34H39ClN8O2S. The van der Waals surface area contributed by atoms with E-state index in [4.69, 9.17) is 16.7 Å². The molecule has 3 aliphatic heterocycles. The molecule has 0 radical (unpaired) electrons. The Morgan fingerprint density at radius 1 is 0.957 bits per heavy atom. The normalized spacial score (nSPS) is 23.0. The van der Waals surface area contributed by atoms with Crippen LogP contribution in [-0.2, 0) is 11.3 Å². The average Bonchev–Trinajstić information content (AvgIpc) is 3.71. The summed E-state index contributed by atoms with van der Waals surface area (Å²) in [5.74, 6) is 1.18. The van der Waals surface area contributed by atoms with E-state index >= 15 is 0 Å². The Hall–Kier alpha value is -3.67. The zero-order valence-corrected chi connectivity index (χ0v) is 27.6. The maximum atomic E-state index is 13.0. The van der Waals surface area contributed by atoms with E-state index in [0.29, 0.717) is 34.6 Å². The van der Waals surface area contributed by atoms with Gasteiger partial charge in [-0.05, 0) is 19.8 Å². The fourth-order valence-corrected chi connectivity index (χ4v) is 8.94. The molecule has 5 heterocycles. The number of carbonyl (C=O) groups is 2. The third-order valence-corrected chi connectivity index (χ3v) is 11.6. The first-order chi connectivity index (χ1) is 22.4. The Bertz CT molecular complexity index is 1710. The Balaban J connectivity index is 0.937. The van der Waals surface area contributed by atoms with Crippen molar-refractivity contribution in [2.24, 2.45) is 0 Å². The molecule has 7 rings (SSSR count). The second-order valence-corrected chi connectivity index (χ2v) is 14.3. The number of hydrogen-bond acceptors (Lipinski definition) is 7. The van der Waals surface area contributed by atoms with Crippen LogP contribution in [0.3, 0.4) is 0 Å². The molecule has 3 aliphatic rings. The highest BCUT2D eigenvalue weighted by Gasteiger charge is 2.51. The van der Waals surface area contributed by atoms with Gasteiger partial charge >= 0.3 is 6.03 Å². The molecule has 0 aliphatic carbocycles. The van der Waals surface area contributed by atoms with Crippen molar-refractivity contribution in [3.05, 3.63) is 65.7 Å². The smallest absolute Gasteiger partial charge is 0.315 e. The van der Waals surface area contributed by atoms with Gasteiger partial charge in [0.2, 0.25) is 5.91 Å². The van der Waals surface area contributed by atoms with Crippen molar-refractivity contribution < 1.29 is 9.59 Å². The number of aromatic nitrogens is 4. The van der Waals surface area contributed by atoms with Gasteiger partial charge in [0.05, 0.1) is 28.5 Å². The second-order valence-electron chi connectivity index (χ2n) is 12.7. The standard InChI is InChI=1S/C34H39ClN8O2S/c1-34-22-46-25(31(34)36-33(45)37-34)14-8-9-15-26(44)42-19-16-41(17-20-42)18-21-43-32-27(29(40-43)23-10-4-2-5-11-23)28(35)30(38-39-32)24-12-6-3-7-13-24/h2-7,10-13,25,31H,8-9,14-22H2,1H3,(H2,36,37,45)/t25-,31+,34-/m0/s1. The van der Waals surface area contributed by atoms with Gasteiger partial charge in [-0.2, -0.15) is 16.9 Å². The van der Waals surface area contributed by atoms with Crippen LogP contribution in [0.15, 0.2) is 60.7 Å². The van der Waals surface area contributed by atoms with Gasteiger partial charge in [0, 0.05) is 61.3 Å². The molecule has 0 bridgehead atoms. The van der Waals surface area contributed by atoms with Gasteiger partial charge < -0.3 is 15.5 Å². The second kappa shape index (κ2) is 13.2. The van der Waals surface area contributed by atoms with Crippen LogP contribution < -0.4 is 10.6 Å². The van der Waals surface area contributed by atoms with Crippen molar-refractivity contribution in [3.63, 3.8) is 0 Å². The lowest BCUT2D eigenvalue weighted by Gasteiger charge is -2.34. The molecule has 2 N–H and O–H groups in total. The molecule has 2 aromatic heterocycles. The molecule has 0 spiro atoms. The molecular weight excluding hydrogens is 620 g/mol. The Morgan fingerprint density at radius 2 is 1.65 bits per heavy atom. The minimum Gasteiger partial charge on any atom is -0.340 e. The first-order valence-corrected chi connectivity index (χ1v) is 17.6. The van der Waals surface area contributed by atoms with Crippen molar-refractivity contribution in [2.45, 2.75) is 56.0 Å². The van der Waals surface area contributed by atoms with E-state index in [1.165, 1.54) is 0 Å². The van der Waals surface area contributed by atoms with Gasteiger partial charge in [-0.25, -0.2) is 9.48 Å². The maximum absolute atomic E-state index is 13.0. The first-order valence-electron chi connectivity index (χ1n) is 16.1. The zero-order chi connectivity index (χ0) is 31.7. The van der Waals surface area contributed by atoms with Crippen LogP contribution in [0.4, 0.5) is 4.79 Å². The highest BCUT2D eigenvalue weighted by atomic mass is 35.5. The Morgan fingerprint density at radius 3 is 2.37 bits per heavy atom. The van der Waals surface area contributed by atoms with Crippen molar-refractivity contribution >= 4 is 46.3 Å². The van der Waals surface area contributed by atoms with Crippen LogP contribution in [0.2, 0.25) is 5.02 Å². The summed E-state index contributed by atoms with van der Waals surface area (Å²) in [5.41, 5.74) is 3.86. The SMILES string of the molecule is C[C@]12CS[C@@H](CCCCC(=O)N3CCN(CCn4nc(-c5ccccc5)c5c(Cl)c(-c6ccccc6)nnc54)CC3)[C@H]1NC(=O)N2. The number of piperazine rings is 1. The minimum atomic E-state index is -0.150. The van der Waals surface area contributed by atoms with Crippen LogP contribution in [0.1, 0.15) is 32.6 Å². The largest absolute Gasteiger partial charge is 0.340 e. The summed E-state index contributed by atoms with van der Waals surface area (Å²) in [6.07, 6.45) is 3.47. The van der Waals surface area contributed by atoms with E-state index in [2.05, 4.69) is 32.7 Å². The molecule has 10 nitrogen and oxygen atoms in total. The van der Waals surface area contributed by atoms with Gasteiger partial charge in [-0.15, -0.1) is 10.2 Å².